The molecule has 5 heteroatoms. The lowest BCUT2D eigenvalue weighted by Gasteiger charge is -2.04. The molecule has 18 heavy (non-hydrogen) atoms. The van der Waals surface area contributed by atoms with Crippen molar-refractivity contribution < 1.29 is 4.79 Å². The molecule has 0 saturated heterocycles. The summed E-state index contributed by atoms with van der Waals surface area (Å²) >= 11 is 3.36. The number of halogens is 1. The molecule has 0 fully saturated rings. The number of ketones is 1. The molecule has 0 bridgehead atoms. The lowest BCUT2D eigenvalue weighted by molar-refractivity contribution is 0.0971. The Morgan fingerprint density at radius 2 is 2.28 bits per heavy atom. The molecule has 0 saturated carbocycles. The van der Waals surface area contributed by atoms with E-state index in [2.05, 4.69) is 26.0 Å². The molecule has 2 aromatic rings. The van der Waals surface area contributed by atoms with Crippen molar-refractivity contribution in [2.24, 2.45) is 0 Å². The average molecular weight is 308 g/mol. The molecule has 0 aliphatic carbocycles. The molecule has 0 aliphatic heterocycles. The van der Waals surface area contributed by atoms with E-state index in [1.807, 2.05) is 25.1 Å². The molecule has 94 valence electrons. The van der Waals surface area contributed by atoms with E-state index in [4.69, 9.17) is 0 Å². The summed E-state index contributed by atoms with van der Waals surface area (Å²) in [4.78, 5) is 16.4. The van der Waals surface area contributed by atoms with E-state index in [0.29, 0.717) is 25.1 Å². The van der Waals surface area contributed by atoms with Crippen molar-refractivity contribution >= 4 is 21.7 Å². The largest absolute Gasteiger partial charge is 0.292 e. The Labute approximate surface area is 114 Å². The fraction of sp³-hybridized carbons (Fsp3) is 0.308. The van der Waals surface area contributed by atoms with Crippen molar-refractivity contribution in [2.75, 3.05) is 0 Å². The predicted octanol–water partition coefficient (Wildman–Crippen LogP) is 2.88. The van der Waals surface area contributed by atoms with Crippen molar-refractivity contribution in [1.82, 2.24) is 14.8 Å². The van der Waals surface area contributed by atoms with E-state index in [1.54, 1.807) is 17.1 Å². The number of pyridine rings is 1. The summed E-state index contributed by atoms with van der Waals surface area (Å²) in [6.07, 6.45) is 4.51. The number of aryl methyl sites for hydroxylation is 2. The zero-order chi connectivity index (χ0) is 13.0. The predicted molar refractivity (Wildman–Crippen MR) is 72.5 cm³/mol. The average Bonchev–Trinajstić information content (AvgIpc) is 2.78. The highest BCUT2D eigenvalue weighted by atomic mass is 79.9. The van der Waals surface area contributed by atoms with E-state index in [0.717, 1.165) is 10.2 Å². The van der Waals surface area contributed by atoms with E-state index in [9.17, 15) is 4.79 Å². The van der Waals surface area contributed by atoms with Crippen molar-refractivity contribution in [3.63, 3.8) is 0 Å². The third kappa shape index (κ3) is 2.85. The molecule has 2 heterocycles. The van der Waals surface area contributed by atoms with Crippen LogP contribution in [0.4, 0.5) is 0 Å². The maximum atomic E-state index is 12.2. The molecule has 0 aliphatic rings. The first-order chi connectivity index (χ1) is 8.72. The van der Waals surface area contributed by atoms with E-state index in [-0.39, 0.29) is 5.78 Å². The molecule has 0 radical (unpaired) electrons. The van der Waals surface area contributed by atoms with Gasteiger partial charge in [0, 0.05) is 24.9 Å². The Kier molecular flexibility index (Phi) is 4.25. The minimum Gasteiger partial charge on any atom is -0.292 e. The molecule has 4 nitrogen and oxygen atoms in total. The smallest absolute Gasteiger partial charge is 0.182 e. The van der Waals surface area contributed by atoms with Gasteiger partial charge in [0.25, 0.3) is 0 Å². The van der Waals surface area contributed by atoms with Gasteiger partial charge in [0.15, 0.2) is 5.78 Å². The molecule has 0 unspecified atom stereocenters. The van der Waals surface area contributed by atoms with E-state index < -0.39 is 0 Å². The van der Waals surface area contributed by atoms with Gasteiger partial charge in [-0.05, 0) is 41.4 Å². The van der Waals surface area contributed by atoms with Crippen LogP contribution in [0.15, 0.2) is 35.1 Å². The van der Waals surface area contributed by atoms with Crippen LogP contribution in [0, 0.1) is 0 Å². The Bertz CT molecular complexity index is 536. The quantitative estimate of drug-likeness (QED) is 0.798. The normalized spacial score (nSPS) is 10.6. The maximum Gasteiger partial charge on any atom is 0.182 e. The van der Waals surface area contributed by atoms with Crippen LogP contribution in [-0.2, 0) is 13.0 Å². The van der Waals surface area contributed by atoms with Crippen molar-refractivity contribution in [3.05, 3.63) is 46.5 Å². The highest BCUT2D eigenvalue weighted by Crippen LogP contribution is 2.18. The van der Waals surface area contributed by atoms with Gasteiger partial charge in [-0.3, -0.25) is 14.5 Å². The lowest BCUT2D eigenvalue weighted by atomic mass is 10.1. The van der Waals surface area contributed by atoms with Crippen LogP contribution in [0.3, 0.4) is 0 Å². The summed E-state index contributed by atoms with van der Waals surface area (Å²) in [5.74, 6) is 0.0897. The Morgan fingerprint density at radius 3 is 2.94 bits per heavy atom. The Balaban J connectivity index is 2.06. The lowest BCUT2D eigenvalue weighted by Crippen LogP contribution is -2.11. The van der Waals surface area contributed by atoms with Gasteiger partial charge in [-0.2, -0.15) is 5.10 Å². The van der Waals surface area contributed by atoms with Crippen LogP contribution < -0.4 is 0 Å². The van der Waals surface area contributed by atoms with Crippen LogP contribution in [-0.4, -0.2) is 20.5 Å². The molecule has 2 rings (SSSR count). The van der Waals surface area contributed by atoms with Gasteiger partial charge in [-0.15, -0.1) is 0 Å². The third-order valence-electron chi connectivity index (χ3n) is 2.69. The van der Waals surface area contributed by atoms with E-state index in [1.165, 1.54) is 0 Å². The van der Waals surface area contributed by atoms with Crippen molar-refractivity contribution in [1.29, 1.82) is 0 Å². The molecule has 0 N–H and O–H groups in total. The Morgan fingerprint density at radius 1 is 1.44 bits per heavy atom. The van der Waals surface area contributed by atoms with Crippen LogP contribution in [0.1, 0.15) is 29.5 Å². The second-order valence-electron chi connectivity index (χ2n) is 3.90. The summed E-state index contributed by atoms with van der Waals surface area (Å²) < 4.78 is 2.47. The van der Waals surface area contributed by atoms with Gasteiger partial charge in [-0.25, -0.2) is 0 Å². The summed E-state index contributed by atoms with van der Waals surface area (Å²) in [6.45, 7) is 2.66. The monoisotopic (exact) mass is 307 g/mol. The second-order valence-corrected chi connectivity index (χ2v) is 4.76. The number of carbonyl (C=O) groups excluding carboxylic acids is 1. The minimum absolute atomic E-state index is 0.0897. The molecule has 2 aromatic heterocycles. The van der Waals surface area contributed by atoms with Crippen molar-refractivity contribution in [2.45, 2.75) is 26.3 Å². The molecule has 0 spiro atoms. The SMILES string of the molecule is CCn1ncc(Br)c1C(=O)CCc1ccccn1. The first kappa shape index (κ1) is 13.0. The standard InChI is InChI=1S/C13H14BrN3O/c1-2-17-13(11(14)9-16-17)12(18)7-6-10-5-3-4-8-15-10/h3-5,8-9H,2,6-7H2,1H3. The summed E-state index contributed by atoms with van der Waals surface area (Å²) in [6, 6.07) is 5.73. The second kappa shape index (κ2) is 5.91. The molecular weight excluding hydrogens is 294 g/mol. The van der Waals surface area contributed by atoms with Gasteiger partial charge in [0.05, 0.1) is 10.7 Å². The number of carbonyl (C=O) groups is 1. The number of hydrogen-bond acceptors (Lipinski definition) is 3. The zero-order valence-electron chi connectivity index (χ0n) is 10.1. The molecule has 0 amide bonds. The first-order valence-corrected chi connectivity index (χ1v) is 6.66. The van der Waals surface area contributed by atoms with Gasteiger partial charge in [-0.1, -0.05) is 6.07 Å². The van der Waals surface area contributed by atoms with Gasteiger partial charge in [0.1, 0.15) is 5.69 Å². The summed E-state index contributed by atoms with van der Waals surface area (Å²) in [5, 5.41) is 4.14. The molecular formula is C13H14BrN3O. The highest BCUT2D eigenvalue weighted by Gasteiger charge is 2.16. The van der Waals surface area contributed by atoms with Crippen LogP contribution in [0.2, 0.25) is 0 Å². The Hall–Kier alpha value is -1.49. The van der Waals surface area contributed by atoms with Crippen molar-refractivity contribution in [3.8, 4) is 0 Å². The fourth-order valence-electron chi connectivity index (χ4n) is 1.79. The van der Waals surface area contributed by atoms with Gasteiger partial charge < -0.3 is 0 Å². The maximum absolute atomic E-state index is 12.2. The number of rotatable bonds is 5. The minimum atomic E-state index is 0.0897. The topological polar surface area (TPSA) is 47.8 Å². The first-order valence-electron chi connectivity index (χ1n) is 5.86. The molecule has 0 atom stereocenters. The molecule has 0 aromatic carbocycles. The zero-order valence-corrected chi connectivity index (χ0v) is 11.7. The van der Waals surface area contributed by atoms with Gasteiger partial charge in [0.2, 0.25) is 0 Å². The fourth-order valence-corrected chi connectivity index (χ4v) is 2.30. The van der Waals surface area contributed by atoms with Crippen LogP contribution >= 0.6 is 15.9 Å². The van der Waals surface area contributed by atoms with Crippen LogP contribution in [0.25, 0.3) is 0 Å². The number of nitrogens with zero attached hydrogens (tertiary/aromatic N) is 3. The van der Waals surface area contributed by atoms with E-state index >= 15 is 0 Å². The number of aromatic nitrogens is 3. The third-order valence-corrected chi connectivity index (χ3v) is 3.27. The number of Topliss-reactive ketones (excluding diaryl/α,β-unsaturated/α-hetero) is 1. The summed E-state index contributed by atoms with van der Waals surface area (Å²) in [5.41, 5.74) is 1.58. The number of hydrogen-bond donors (Lipinski definition) is 0. The van der Waals surface area contributed by atoms with Gasteiger partial charge >= 0.3 is 0 Å². The van der Waals surface area contributed by atoms with Crippen LogP contribution in [0.5, 0.6) is 0 Å². The summed E-state index contributed by atoms with van der Waals surface area (Å²) in [7, 11) is 0. The highest BCUT2D eigenvalue weighted by molar-refractivity contribution is 9.10.